The van der Waals surface area contributed by atoms with Crippen LogP contribution >= 0.6 is 7.60 Å². The predicted octanol–water partition coefficient (Wildman–Crippen LogP) is 2.86. The molecule has 0 heterocycles. The SMILES string of the molecule is CCc1ccc(Cc2cc(C(=O)P(=O)(O)O)ccc2O)cc1. The summed E-state index contributed by atoms with van der Waals surface area (Å²) < 4.78 is 11.0. The lowest BCUT2D eigenvalue weighted by Gasteiger charge is -2.09. The molecular weight excluding hydrogens is 303 g/mol. The Balaban J connectivity index is 2.30. The smallest absolute Gasteiger partial charge is 0.396 e. The Labute approximate surface area is 128 Å². The maximum Gasteiger partial charge on any atom is 0.396 e. The van der Waals surface area contributed by atoms with Crippen molar-refractivity contribution in [3.8, 4) is 5.75 Å². The fraction of sp³-hybridized carbons (Fsp3) is 0.188. The topological polar surface area (TPSA) is 94.8 Å². The van der Waals surface area contributed by atoms with Crippen molar-refractivity contribution in [3.05, 3.63) is 64.7 Å². The van der Waals surface area contributed by atoms with Gasteiger partial charge in [-0.2, -0.15) is 0 Å². The van der Waals surface area contributed by atoms with Crippen molar-refractivity contribution >= 4 is 13.1 Å². The number of phenols is 1. The Morgan fingerprint density at radius 2 is 1.64 bits per heavy atom. The van der Waals surface area contributed by atoms with Gasteiger partial charge in [-0.3, -0.25) is 9.36 Å². The van der Waals surface area contributed by atoms with Gasteiger partial charge in [0.2, 0.25) is 0 Å². The lowest BCUT2D eigenvalue weighted by Crippen LogP contribution is -2.01. The Bertz CT molecular complexity index is 731. The summed E-state index contributed by atoms with van der Waals surface area (Å²) in [6.45, 7) is 2.05. The molecule has 0 fully saturated rings. The molecule has 0 saturated heterocycles. The van der Waals surface area contributed by atoms with Crippen LogP contribution in [0.3, 0.4) is 0 Å². The third kappa shape index (κ3) is 3.83. The number of rotatable bonds is 5. The summed E-state index contributed by atoms with van der Waals surface area (Å²) in [4.78, 5) is 29.5. The first-order valence-electron chi connectivity index (χ1n) is 6.81. The fourth-order valence-corrected chi connectivity index (χ4v) is 2.62. The fourth-order valence-electron chi connectivity index (χ4n) is 2.14. The van der Waals surface area contributed by atoms with Crippen LogP contribution in [0.1, 0.15) is 34.0 Å². The van der Waals surface area contributed by atoms with Gasteiger partial charge in [-0.15, -0.1) is 0 Å². The van der Waals surface area contributed by atoms with E-state index in [4.69, 9.17) is 9.79 Å². The molecule has 0 atom stereocenters. The van der Waals surface area contributed by atoms with E-state index in [1.54, 1.807) is 0 Å². The van der Waals surface area contributed by atoms with Gasteiger partial charge in [0.1, 0.15) is 5.75 Å². The van der Waals surface area contributed by atoms with Gasteiger partial charge in [0.15, 0.2) is 0 Å². The van der Waals surface area contributed by atoms with E-state index in [9.17, 15) is 14.5 Å². The van der Waals surface area contributed by atoms with Crippen molar-refractivity contribution in [2.75, 3.05) is 0 Å². The molecule has 3 N–H and O–H groups in total. The second-order valence-electron chi connectivity index (χ2n) is 5.04. The third-order valence-corrected chi connectivity index (χ3v) is 4.20. The van der Waals surface area contributed by atoms with Gasteiger partial charge in [0.25, 0.3) is 5.52 Å². The van der Waals surface area contributed by atoms with E-state index in [0.29, 0.717) is 12.0 Å². The number of hydrogen-bond donors (Lipinski definition) is 3. The monoisotopic (exact) mass is 320 g/mol. The van der Waals surface area contributed by atoms with Crippen LogP contribution < -0.4 is 0 Å². The minimum Gasteiger partial charge on any atom is -0.508 e. The lowest BCUT2D eigenvalue weighted by molar-refractivity contribution is 0.104. The Kier molecular flexibility index (Phi) is 4.81. The average Bonchev–Trinajstić information content (AvgIpc) is 2.48. The molecule has 0 bridgehead atoms. The Hall–Kier alpha value is -1.94. The molecule has 0 aliphatic rings. The lowest BCUT2D eigenvalue weighted by atomic mass is 10.0. The van der Waals surface area contributed by atoms with Gasteiger partial charge in [-0.25, -0.2) is 0 Å². The molecule has 0 aromatic heterocycles. The van der Waals surface area contributed by atoms with Gasteiger partial charge in [-0.1, -0.05) is 31.2 Å². The molecule has 2 aromatic carbocycles. The second-order valence-corrected chi connectivity index (χ2v) is 6.53. The number of benzene rings is 2. The molecule has 0 amide bonds. The molecule has 0 saturated carbocycles. The van der Waals surface area contributed by atoms with Gasteiger partial charge < -0.3 is 14.9 Å². The molecule has 5 nitrogen and oxygen atoms in total. The molecule has 0 aliphatic heterocycles. The van der Waals surface area contributed by atoms with Gasteiger partial charge >= 0.3 is 7.60 Å². The molecule has 2 rings (SSSR count). The van der Waals surface area contributed by atoms with Crippen LogP contribution in [-0.2, 0) is 17.4 Å². The molecule has 0 unspecified atom stereocenters. The molecule has 0 aliphatic carbocycles. The van der Waals surface area contributed by atoms with Crippen molar-refractivity contribution in [2.24, 2.45) is 0 Å². The summed E-state index contributed by atoms with van der Waals surface area (Å²) >= 11 is 0. The first kappa shape index (κ1) is 16.4. The van der Waals surface area contributed by atoms with Crippen molar-refractivity contribution < 1.29 is 24.3 Å². The normalized spacial score (nSPS) is 11.4. The molecule has 116 valence electrons. The van der Waals surface area contributed by atoms with Crippen LogP contribution in [0.25, 0.3) is 0 Å². The quantitative estimate of drug-likeness (QED) is 0.736. The maximum atomic E-state index is 11.6. The van der Waals surface area contributed by atoms with Gasteiger partial charge in [-0.05, 0) is 41.3 Å². The van der Waals surface area contributed by atoms with Crippen molar-refractivity contribution in [3.63, 3.8) is 0 Å². The maximum absolute atomic E-state index is 11.6. The van der Waals surface area contributed by atoms with Crippen LogP contribution in [-0.4, -0.2) is 20.4 Å². The van der Waals surface area contributed by atoms with E-state index >= 15 is 0 Å². The van der Waals surface area contributed by atoms with E-state index in [0.717, 1.165) is 12.0 Å². The number of aryl methyl sites for hydroxylation is 1. The first-order valence-corrected chi connectivity index (χ1v) is 8.42. The summed E-state index contributed by atoms with van der Waals surface area (Å²) in [6.07, 6.45) is 1.30. The summed E-state index contributed by atoms with van der Waals surface area (Å²) in [5.41, 5.74) is 1.23. The Morgan fingerprint density at radius 1 is 1.05 bits per heavy atom. The van der Waals surface area contributed by atoms with Crippen molar-refractivity contribution in [2.45, 2.75) is 19.8 Å². The van der Waals surface area contributed by atoms with E-state index < -0.39 is 13.1 Å². The largest absolute Gasteiger partial charge is 0.508 e. The highest BCUT2D eigenvalue weighted by Crippen LogP contribution is 2.39. The first-order chi connectivity index (χ1) is 10.3. The van der Waals surface area contributed by atoms with Crippen LogP contribution in [0.2, 0.25) is 0 Å². The van der Waals surface area contributed by atoms with Crippen molar-refractivity contribution in [1.82, 2.24) is 0 Å². The summed E-state index contributed by atoms with van der Waals surface area (Å²) in [6, 6.07) is 11.6. The molecule has 2 aromatic rings. The molecule has 22 heavy (non-hydrogen) atoms. The van der Waals surface area contributed by atoms with Crippen LogP contribution in [0.5, 0.6) is 5.75 Å². The number of carbonyl (C=O) groups excluding carboxylic acids is 1. The van der Waals surface area contributed by atoms with Crippen LogP contribution in [0.4, 0.5) is 0 Å². The van der Waals surface area contributed by atoms with E-state index in [1.165, 1.54) is 23.8 Å². The summed E-state index contributed by atoms with van der Waals surface area (Å²) in [5.74, 6) is -0.0122. The van der Waals surface area contributed by atoms with Gasteiger partial charge in [0, 0.05) is 12.0 Å². The van der Waals surface area contributed by atoms with E-state index in [1.807, 2.05) is 24.3 Å². The van der Waals surface area contributed by atoms with Crippen LogP contribution in [0.15, 0.2) is 42.5 Å². The van der Waals surface area contributed by atoms with Crippen LogP contribution in [0, 0.1) is 0 Å². The zero-order chi connectivity index (χ0) is 16.3. The van der Waals surface area contributed by atoms with E-state index in [2.05, 4.69) is 6.92 Å². The Morgan fingerprint density at radius 3 is 2.18 bits per heavy atom. The summed E-state index contributed by atoms with van der Waals surface area (Å²) in [7, 11) is -4.83. The zero-order valence-corrected chi connectivity index (χ0v) is 13.0. The highest BCUT2D eigenvalue weighted by atomic mass is 31.2. The minimum absolute atomic E-state index is 0.0122. The highest BCUT2D eigenvalue weighted by molar-refractivity contribution is 7.70. The predicted molar refractivity (Wildman–Crippen MR) is 83.1 cm³/mol. The molecule has 0 radical (unpaired) electrons. The molecule has 6 heteroatoms. The number of phenolic OH excluding ortho intramolecular Hbond substituents is 1. The minimum atomic E-state index is -4.83. The zero-order valence-electron chi connectivity index (χ0n) is 12.1. The number of aromatic hydroxyl groups is 1. The second kappa shape index (κ2) is 6.44. The standard InChI is InChI=1S/C16H17O5P/c1-2-11-3-5-12(6-4-11)9-14-10-13(7-8-15(14)17)16(18)22(19,20)21/h3-8,10,17H,2,9H2,1H3,(H2,19,20,21). The molecule has 0 spiro atoms. The third-order valence-electron chi connectivity index (χ3n) is 3.42. The molecular formula is C16H17O5P. The number of hydrogen-bond acceptors (Lipinski definition) is 3. The van der Waals surface area contributed by atoms with E-state index in [-0.39, 0.29) is 11.3 Å². The summed E-state index contributed by atoms with van der Waals surface area (Å²) in [5, 5.41) is 9.88. The van der Waals surface area contributed by atoms with Crippen molar-refractivity contribution in [1.29, 1.82) is 0 Å². The van der Waals surface area contributed by atoms with Gasteiger partial charge in [0.05, 0.1) is 0 Å². The average molecular weight is 320 g/mol. The highest BCUT2D eigenvalue weighted by Gasteiger charge is 2.27. The number of carbonyl (C=O) groups is 1.